The molecule has 1 aliphatic heterocycles. The molecule has 0 radical (unpaired) electrons. The number of unbranched alkanes of at least 4 members (excludes halogenated alkanes) is 1. The molecular formula is C24H27N3O. The predicted molar refractivity (Wildman–Crippen MR) is 114 cm³/mol. The van der Waals surface area contributed by atoms with Gasteiger partial charge < -0.3 is 9.80 Å². The quantitative estimate of drug-likeness (QED) is 0.713. The van der Waals surface area contributed by atoms with Gasteiger partial charge in [-0.3, -0.25) is 4.79 Å². The zero-order valence-electron chi connectivity index (χ0n) is 17.1. The molecule has 4 heteroatoms. The minimum absolute atomic E-state index is 0.0414. The first-order valence-corrected chi connectivity index (χ1v) is 9.85. The Hall–Kier alpha value is -3.06. The number of anilines is 1. The van der Waals surface area contributed by atoms with Crippen molar-refractivity contribution in [1.82, 2.24) is 4.90 Å². The van der Waals surface area contributed by atoms with Gasteiger partial charge in [0.05, 0.1) is 11.6 Å². The Labute approximate surface area is 167 Å². The lowest BCUT2D eigenvalue weighted by atomic mass is 9.99. The van der Waals surface area contributed by atoms with Crippen molar-refractivity contribution in [2.45, 2.75) is 46.2 Å². The van der Waals surface area contributed by atoms with Crippen molar-refractivity contribution in [2.24, 2.45) is 0 Å². The Kier molecular flexibility index (Phi) is 5.84. The molecule has 2 aromatic carbocycles. The van der Waals surface area contributed by atoms with Crippen LogP contribution in [0.4, 0.5) is 5.69 Å². The minimum Gasteiger partial charge on any atom is -0.324 e. The van der Waals surface area contributed by atoms with Crippen molar-refractivity contribution in [1.29, 1.82) is 5.26 Å². The first-order chi connectivity index (χ1) is 13.5. The van der Waals surface area contributed by atoms with Gasteiger partial charge in [-0.25, -0.2) is 0 Å². The maximum Gasteiger partial charge on any atom is 0.252 e. The third-order valence-corrected chi connectivity index (χ3v) is 5.57. The number of nitriles is 1. The number of nitrogens with zero attached hydrogens (tertiary/aromatic N) is 3. The van der Waals surface area contributed by atoms with E-state index < -0.39 is 0 Å². The normalized spacial score (nSPS) is 17.1. The van der Waals surface area contributed by atoms with E-state index in [9.17, 15) is 10.1 Å². The van der Waals surface area contributed by atoms with Crippen molar-refractivity contribution < 1.29 is 4.79 Å². The molecule has 1 amide bonds. The molecule has 1 atom stereocenters. The molecular weight excluding hydrogens is 346 g/mol. The average molecular weight is 374 g/mol. The van der Waals surface area contributed by atoms with Crippen molar-refractivity contribution in [3.63, 3.8) is 0 Å². The number of hydrogen-bond donors (Lipinski definition) is 0. The van der Waals surface area contributed by atoms with Crippen LogP contribution in [0.25, 0.3) is 11.1 Å². The van der Waals surface area contributed by atoms with Crippen molar-refractivity contribution >= 4 is 11.6 Å². The van der Waals surface area contributed by atoms with Crippen LogP contribution in [-0.4, -0.2) is 24.0 Å². The highest BCUT2D eigenvalue weighted by Crippen LogP contribution is 2.34. The molecule has 1 heterocycles. The lowest BCUT2D eigenvalue weighted by molar-refractivity contribution is -0.128. The van der Waals surface area contributed by atoms with Gasteiger partial charge >= 0.3 is 0 Å². The number of carbonyl (C=O) groups excluding carboxylic acids is 1. The van der Waals surface area contributed by atoms with Crippen LogP contribution < -0.4 is 4.90 Å². The van der Waals surface area contributed by atoms with Gasteiger partial charge in [-0.15, -0.1) is 0 Å². The maximum absolute atomic E-state index is 12.6. The lowest BCUT2D eigenvalue weighted by Gasteiger charge is -2.43. The Bertz CT molecular complexity index is 937. The van der Waals surface area contributed by atoms with E-state index in [2.05, 4.69) is 49.1 Å². The second-order valence-corrected chi connectivity index (χ2v) is 7.30. The Morgan fingerprint density at radius 2 is 1.79 bits per heavy atom. The number of rotatable bonds is 5. The predicted octanol–water partition coefficient (Wildman–Crippen LogP) is 5.31. The van der Waals surface area contributed by atoms with Gasteiger partial charge in [0.1, 0.15) is 6.17 Å². The molecule has 3 rings (SSSR count). The van der Waals surface area contributed by atoms with E-state index in [0.29, 0.717) is 5.56 Å². The Balaban J connectivity index is 2.01. The number of carbonyl (C=O) groups is 1. The summed E-state index contributed by atoms with van der Waals surface area (Å²) in [6, 6.07) is 18.2. The van der Waals surface area contributed by atoms with E-state index in [1.165, 1.54) is 0 Å². The van der Waals surface area contributed by atoms with E-state index in [0.717, 1.165) is 47.3 Å². The SMILES string of the molecule is CCCCC1=C(C)C(=O)N(C)C(C)N1c1ccc(-c2ccccc2C#N)cc1. The summed E-state index contributed by atoms with van der Waals surface area (Å²) in [6.07, 6.45) is 3.00. The van der Waals surface area contributed by atoms with Crippen molar-refractivity contribution in [3.8, 4) is 17.2 Å². The van der Waals surface area contributed by atoms with Crippen LogP contribution in [0.2, 0.25) is 0 Å². The van der Waals surface area contributed by atoms with Crippen LogP contribution in [0.15, 0.2) is 59.8 Å². The summed E-state index contributed by atoms with van der Waals surface area (Å²) in [4.78, 5) is 16.7. The standard InChI is InChI=1S/C24H27N3O/c1-5-6-11-23-17(2)24(28)26(4)18(3)27(23)21-14-12-19(13-15-21)22-10-8-7-9-20(22)16-25/h7-10,12-15,18H,5-6,11H2,1-4H3. The molecule has 1 aliphatic rings. The van der Waals surface area contributed by atoms with Crippen molar-refractivity contribution in [2.75, 3.05) is 11.9 Å². The summed E-state index contributed by atoms with van der Waals surface area (Å²) in [5, 5.41) is 9.37. The lowest BCUT2D eigenvalue weighted by Crippen LogP contribution is -2.52. The third-order valence-electron chi connectivity index (χ3n) is 5.57. The monoisotopic (exact) mass is 373 g/mol. The van der Waals surface area contributed by atoms with Crippen LogP contribution in [0.3, 0.4) is 0 Å². The molecule has 0 N–H and O–H groups in total. The number of benzene rings is 2. The fourth-order valence-corrected chi connectivity index (χ4v) is 3.79. The smallest absolute Gasteiger partial charge is 0.252 e. The summed E-state index contributed by atoms with van der Waals surface area (Å²) in [7, 11) is 1.86. The fourth-order valence-electron chi connectivity index (χ4n) is 3.79. The van der Waals surface area contributed by atoms with Crippen LogP contribution in [0.5, 0.6) is 0 Å². The molecule has 144 valence electrons. The summed E-state index contributed by atoms with van der Waals surface area (Å²) in [6.45, 7) is 6.16. The topological polar surface area (TPSA) is 47.3 Å². The molecule has 0 saturated heterocycles. The maximum atomic E-state index is 12.6. The number of allylic oxidation sites excluding steroid dienone is 1. The number of amides is 1. The van der Waals surface area contributed by atoms with Crippen molar-refractivity contribution in [3.05, 3.63) is 65.4 Å². The van der Waals surface area contributed by atoms with Crippen LogP contribution in [-0.2, 0) is 4.79 Å². The molecule has 0 saturated carbocycles. The van der Waals surface area contributed by atoms with Gasteiger partial charge in [0.2, 0.25) is 0 Å². The van der Waals surface area contributed by atoms with E-state index >= 15 is 0 Å². The molecule has 0 aromatic heterocycles. The number of hydrogen-bond acceptors (Lipinski definition) is 3. The summed E-state index contributed by atoms with van der Waals surface area (Å²) in [5.74, 6) is 0.106. The van der Waals surface area contributed by atoms with Gasteiger partial charge in [-0.1, -0.05) is 43.7 Å². The first-order valence-electron chi connectivity index (χ1n) is 9.85. The van der Waals surface area contributed by atoms with Gasteiger partial charge in [0, 0.05) is 24.0 Å². The zero-order chi connectivity index (χ0) is 20.3. The van der Waals surface area contributed by atoms with E-state index in [1.54, 1.807) is 4.90 Å². The second kappa shape index (κ2) is 8.31. The molecule has 1 unspecified atom stereocenters. The second-order valence-electron chi connectivity index (χ2n) is 7.30. The van der Waals surface area contributed by atoms with E-state index in [4.69, 9.17) is 0 Å². The minimum atomic E-state index is -0.0414. The molecule has 0 bridgehead atoms. The zero-order valence-corrected chi connectivity index (χ0v) is 17.1. The largest absolute Gasteiger partial charge is 0.324 e. The van der Waals surface area contributed by atoms with Gasteiger partial charge in [0.25, 0.3) is 5.91 Å². The van der Waals surface area contributed by atoms with Gasteiger partial charge in [-0.2, -0.15) is 5.26 Å². The average Bonchev–Trinajstić information content (AvgIpc) is 2.74. The van der Waals surface area contributed by atoms with E-state index in [-0.39, 0.29) is 12.1 Å². The highest BCUT2D eigenvalue weighted by molar-refractivity contribution is 5.96. The highest BCUT2D eigenvalue weighted by atomic mass is 16.2. The van der Waals surface area contributed by atoms with Crippen LogP contribution >= 0.6 is 0 Å². The van der Waals surface area contributed by atoms with Gasteiger partial charge in [0.15, 0.2) is 0 Å². The van der Waals surface area contributed by atoms with Crippen LogP contribution in [0.1, 0.15) is 45.6 Å². The molecule has 0 fully saturated rings. The third kappa shape index (κ3) is 3.53. The highest BCUT2D eigenvalue weighted by Gasteiger charge is 2.33. The van der Waals surface area contributed by atoms with E-state index in [1.807, 2.05) is 38.2 Å². The van der Waals surface area contributed by atoms with Gasteiger partial charge in [-0.05, 0) is 56.0 Å². The molecule has 2 aromatic rings. The molecule has 0 spiro atoms. The van der Waals surface area contributed by atoms with Crippen LogP contribution in [0, 0.1) is 11.3 Å². The molecule has 28 heavy (non-hydrogen) atoms. The molecule has 0 aliphatic carbocycles. The number of likely N-dealkylation sites (N-methyl/N-ethyl adjacent to an activating group) is 1. The fraction of sp³-hybridized carbons (Fsp3) is 0.333. The first kappa shape index (κ1) is 19.7. The summed E-state index contributed by atoms with van der Waals surface area (Å²) in [5.41, 5.74) is 5.64. The molecule has 4 nitrogen and oxygen atoms in total. The Morgan fingerprint density at radius 1 is 1.11 bits per heavy atom. The Morgan fingerprint density at radius 3 is 2.43 bits per heavy atom. The summed E-state index contributed by atoms with van der Waals surface area (Å²) >= 11 is 0. The summed E-state index contributed by atoms with van der Waals surface area (Å²) < 4.78 is 0.